The number of aromatic nitrogens is 3. The minimum absolute atomic E-state index is 0.172. The van der Waals surface area contributed by atoms with E-state index < -0.39 is 0 Å². The lowest BCUT2D eigenvalue weighted by Crippen LogP contribution is -1.87. The van der Waals surface area contributed by atoms with Crippen LogP contribution in [0.3, 0.4) is 0 Å². The number of hydrogen-bond donors (Lipinski definition) is 1. The lowest BCUT2D eigenvalue weighted by Gasteiger charge is -1.94. The van der Waals surface area contributed by atoms with Gasteiger partial charge >= 0.3 is 0 Å². The zero-order valence-corrected chi connectivity index (χ0v) is 6.56. The SMILES string of the molecule is Cn1cncc1-c1cnc(N)o1. The molecular formula is C7H8N4O. The van der Waals surface area contributed by atoms with Crippen LogP contribution in [0, 0.1) is 0 Å². The van der Waals surface area contributed by atoms with Crippen LogP contribution in [0.15, 0.2) is 23.1 Å². The summed E-state index contributed by atoms with van der Waals surface area (Å²) in [6.07, 6.45) is 4.96. The van der Waals surface area contributed by atoms with Gasteiger partial charge in [-0.25, -0.2) is 9.97 Å². The Kier molecular flexibility index (Phi) is 1.36. The van der Waals surface area contributed by atoms with Gasteiger partial charge in [-0.3, -0.25) is 0 Å². The van der Waals surface area contributed by atoms with Crippen LogP contribution in [0.4, 0.5) is 6.01 Å². The number of imidazole rings is 1. The van der Waals surface area contributed by atoms with Gasteiger partial charge in [-0.2, -0.15) is 0 Å². The monoisotopic (exact) mass is 164 g/mol. The molecule has 0 radical (unpaired) electrons. The topological polar surface area (TPSA) is 69.9 Å². The van der Waals surface area contributed by atoms with Gasteiger partial charge in [0.1, 0.15) is 5.69 Å². The number of rotatable bonds is 1. The van der Waals surface area contributed by atoms with E-state index in [0.717, 1.165) is 5.69 Å². The predicted molar refractivity (Wildman–Crippen MR) is 43.1 cm³/mol. The van der Waals surface area contributed by atoms with Crippen molar-refractivity contribution in [2.45, 2.75) is 0 Å². The fourth-order valence-electron chi connectivity index (χ4n) is 1.00. The van der Waals surface area contributed by atoms with E-state index >= 15 is 0 Å². The summed E-state index contributed by atoms with van der Waals surface area (Å²) < 4.78 is 6.95. The van der Waals surface area contributed by atoms with Gasteiger partial charge in [0.25, 0.3) is 6.01 Å². The fourth-order valence-corrected chi connectivity index (χ4v) is 1.00. The van der Waals surface area contributed by atoms with Crippen LogP contribution in [0.25, 0.3) is 11.5 Å². The third-order valence-electron chi connectivity index (χ3n) is 1.59. The Morgan fingerprint density at radius 1 is 1.50 bits per heavy atom. The van der Waals surface area contributed by atoms with Gasteiger partial charge in [0.15, 0.2) is 5.76 Å². The Hall–Kier alpha value is -1.78. The highest BCUT2D eigenvalue weighted by Crippen LogP contribution is 2.19. The third-order valence-corrected chi connectivity index (χ3v) is 1.59. The molecule has 2 rings (SSSR count). The summed E-state index contributed by atoms with van der Waals surface area (Å²) in [4.78, 5) is 7.73. The van der Waals surface area contributed by atoms with E-state index in [-0.39, 0.29) is 6.01 Å². The average Bonchev–Trinajstić information content (AvgIpc) is 2.58. The summed E-state index contributed by atoms with van der Waals surface area (Å²) in [5.41, 5.74) is 6.19. The van der Waals surface area contributed by atoms with Crippen molar-refractivity contribution in [3.05, 3.63) is 18.7 Å². The molecule has 0 bridgehead atoms. The van der Waals surface area contributed by atoms with Gasteiger partial charge in [-0.05, 0) is 0 Å². The van der Waals surface area contributed by atoms with Crippen molar-refractivity contribution in [3.63, 3.8) is 0 Å². The predicted octanol–water partition coefficient (Wildman–Crippen LogP) is 0.657. The zero-order valence-electron chi connectivity index (χ0n) is 6.56. The number of oxazole rings is 1. The molecule has 0 aliphatic carbocycles. The number of nitrogen functional groups attached to an aromatic ring is 1. The highest BCUT2D eigenvalue weighted by atomic mass is 16.4. The molecule has 0 saturated heterocycles. The van der Waals surface area contributed by atoms with Crippen LogP contribution < -0.4 is 5.73 Å². The molecule has 2 aromatic rings. The van der Waals surface area contributed by atoms with Crippen molar-refractivity contribution < 1.29 is 4.42 Å². The number of hydrogen-bond acceptors (Lipinski definition) is 4. The first kappa shape index (κ1) is 6.90. The van der Waals surface area contributed by atoms with Crippen LogP contribution in [-0.2, 0) is 7.05 Å². The van der Waals surface area contributed by atoms with Crippen molar-refractivity contribution in [1.29, 1.82) is 0 Å². The Labute approximate surface area is 68.8 Å². The van der Waals surface area contributed by atoms with E-state index in [1.165, 1.54) is 0 Å². The summed E-state index contributed by atoms with van der Waals surface area (Å²) in [5, 5.41) is 0. The molecular weight excluding hydrogens is 156 g/mol. The van der Waals surface area contributed by atoms with E-state index in [0.29, 0.717) is 5.76 Å². The Bertz CT molecular complexity index is 390. The minimum atomic E-state index is 0.172. The van der Waals surface area contributed by atoms with E-state index in [9.17, 15) is 0 Å². The molecule has 0 fully saturated rings. The molecule has 0 unspecified atom stereocenters. The number of anilines is 1. The molecule has 0 aliphatic heterocycles. The molecule has 0 spiro atoms. The standard InChI is InChI=1S/C7H8N4O/c1-11-4-9-2-5(11)6-3-10-7(8)12-6/h2-4H,1H3,(H2,8,10). The van der Waals surface area contributed by atoms with Crippen LogP contribution in [0.1, 0.15) is 0 Å². The van der Waals surface area contributed by atoms with Crippen molar-refractivity contribution in [2.24, 2.45) is 7.05 Å². The molecule has 0 atom stereocenters. The summed E-state index contributed by atoms with van der Waals surface area (Å²) in [6.45, 7) is 0. The molecule has 5 heteroatoms. The van der Waals surface area contributed by atoms with Crippen LogP contribution >= 0.6 is 0 Å². The first-order chi connectivity index (χ1) is 5.77. The second-order valence-corrected chi connectivity index (χ2v) is 2.45. The van der Waals surface area contributed by atoms with Crippen LogP contribution in [0.2, 0.25) is 0 Å². The first-order valence-electron chi connectivity index (χ1n) is 3.45. The van der Waals surface area contributed by atoms with Gasteiger partial charge in [0.05, 0.1) is 18.7 Å². The molecule has 0 amide bonds. The van der Waals surface area contributed by atoms with Gasteiger partial charge in [-0.15, -0.1) is 0 Å². The van der Waals surface area contributed by atoms with Crippen molar-refractivity contribution >= 4 is 6.01 Å². The highest BCUT2D eigenvalue weighted by molar-refractivity contribution is 5.51. The van der Waals surface area contributed by atoms with Gasteiger partial charge in [-0.1, -0.05) is 0 Å². The molecule has 2 N–H and O–H groups in total. The quantitative estimate of drug-likeness (QED) is 0.672. The largest absolute Gasteiger partial charge is 0.422 e. The smallest absolute Gasteiger partial charge is 0.292 e. The van der Waals surface area contributed by atoms with Crippen molar-refractivity contribution in [3.8, 4) is 11.5 Å². The van der Waals surface area contributed by atoms with Crippen molar-refractivity contribution in [2.75, 3.05) is 5.73 Å². The Morgan fingerprint density at radius 2 is 2.33 bits per heavy atom. The summed E-state index contributed by atoms with van der Waals surface area (Å²) in [7, 11) is 1.88. The molecule has 0 saturated carbocycles. The van der Waals surface area contributed by atoms with Crippen LogP contribution in [-0.4, -0.2) is 14.5 Å². The first-order valence-corrected chi connectivity index (χ1v) is 3.45. The maximum absolute atomic E-state index is 5.33. The summed E-state index contributed by atoms with van der Waals surface area (Å²) >= 11 is 0. The van der Waals surface area contributed by atoms with Crippen LogP contribution in [0.5, 0.6) is 0 Å². The van der Waals surface area contributed by atoms with E-state index in [1.54, 1.807) is 18.7 Å². The van der Waals surface area contributed by atoms with Crippen molar-refractivity contribution in [1.82, 2.24) is 14.5 Å². The summed E-state index contributed by atoms with van der Waals surface area (Å²) in [5.74, 6) is 0.632. The van der Waals surface area contributed by atoms with E-state index in [1.807, 2.05) is 11.6 Å². The molecule has 0 aliphatic rings. The molecule has 2 aromatic heterocycles. The summed E-state index contributed by atoms with van der Waals surface area (Å²) in [6, 6.07) is 0.172. The number of nitrogens with zero attached hydrogens (tertiary/aromatic N) is 3. The number of nitrogens with two attached hydrogens (primary N) is 1. The molecule has 5 nitrogen and oxygen atoms in total. The second kappa shape index (κ2) is 2.37. The minimum Gasteiger partial charge on any atom is -0.422 e. The van der Waals surface area contributed by atoms with Gasteiger partial charge in [0.2, 0.25) is 0 Å². The number of aryl methyl sites for hydroxylation is 1. The Morgan fingerprint density at radius 3 is 2.83 bits per heavy atom. The lowest BCUT2D eigenvalue weighted by molar-refractivity contribution is 0.589. The molecule has 0 aromatic carbocycles. The molecule has 12 heavy (non-hydrogen) atoms. The van der Waals surface area contributed by atoms with Gasteiger partial charge in [0, 0.05) is 7.05 Å². The zero-order chi connectivity index (χ0) is 8.55. The fraction of sp³-hybridized carbons (Fsp3) is 0.143. The molecule has 62 valence electrons. The van der Waals surface area contributed by atoms with E-state index in [2.05, 4.69) is 9.97 Å². The normalized spacial score (nSPS) is 10.4. The van der Waals surface area contributed by atoms with Gasteiger partial charge < -0.3 is 14.7 Å². The average molecular weight is 164 g/mol. The maximum Gasteiger partial charge on any atom is 0.292 e. The van der Waals surface area contributed by atoms with E-state index in [4.69, 9.17) is 10.2 Å². The Balaban J connectivity index is 2.50. The highest BCUT2D eigenvalue weighted by Gasteiger charge is 2.06. The second-order valence-electron chi connectivity index (χ2n) is 2.45. The third kappa shape index (κ3) is 0.952. The maximum atomic E-state index is 5.33. The molecule has 2 heterocycles. The lowest BCUT2D eigenvalue weighted by atomic mass is 10.4.